The fourth-order valence-electron chi connectivity index (χ4n) is 2.74. The van der Waals surface area contributed by atoms with Gasteiger partial charge in [0.05, 0.1) is 16.1 Å². The molecule has 1 heterocycles. The van der Waals surface area contributed by atoms with E-state index in [0.717, 1.165) is 44.2 Å². The Morgan fingerprint density at radius 2 is 2.00 bits per heavy atom. The van der Waals surface area contributed by atoms with E-state index in [0.29, 0.717) is 16.0 Å². The topological polar surface area (TPSA) is 68.0 Å². The largest absolute Gasteiger partial charge is 0.392 e. The number of hydrogen-bond donors (Lipinski definition) is 2. The number of carbonyl (C=O) groups is 1. The molecule has 1 aliphatic carbocycles. The van der Waals surface area contributed by atoms with Crippen LogP contribution in [-0.2, 0) is 4.79 Å². The van der Waals surface area contributed by atoms with Crippen LogP contribution < -0.4 is 11.1 Å². The second kappa shape index (κ2) is 6.83. The van der Waals surface area contributed by atoms with Gasteiger partial charge in [0.1, 0.15) is 0 Å². The SMILES string of the molecule is CC(C)c1csc(NC(=O)C2(C(N)=S)CCCCCC2)n1. The Bertz CT molecular complexity index is 517. The Morgan fingerprint density at radius 1 is 1.38 bits per heavy atom. The summed E-state index contributed by atoms with van der Waals surface area (Å²) in [7, 11) is 0. The molecule has 0 aliphatic heterocycles. The summed E-state index contributed by atoms with van der Waals surface area (Å²) in [5, 5.41) is 5.57. The van der Waals surface area contributed by atoms with E-state index in [1.807, 2.05) is 5.38 Å². The molecule has 1 fully saturated rings. The van der Waals surface area contributed by atoms with E-state index in [1.165, 1.54) is 11.3 Å². The Morgan fingerprint density at radius 3 is 2.48 bits per heavy atom. The third-order valence-electron chi connectivity index (χ3n) is 4.20. The molecule has 0 spiro atoms. The molecule has 1 aromatic rings. The van der Waals surface area contributed by atoms with Gasteiger partial charge in [-0.1, -0.05) is 51.7 Å². The quantitative estimate of drug-likeness (QED) is 0.652. The number of nitrogens with one attached hydrogen (secondary N) is 1. The van der Waals surface area contributed by atoms with Crippen molar-refractivity contribution in [2.24, 2.45) is 11.1 Å². The molecule has 21 heavy (non-hydrogen) atoms. The van der Waals surface area contributed by atoms with Crippen LogP contribution in [0.4, 0.5) is 5.13 Å². The van der Waals surface area contributed by atoms with E-state index in [4.69, 9.17) is 18.0 Å². The lowest BCUT2D eigenvalue weighted by molar-refractivity contribution is -0.122. The van der Waals surface area contributed by atoms with Gasteiger partial charge >= 0.3 is 0 Å². The van der Waals surface area contributed by atoms with Gasteiger partial charge in [-0.25, -0.2) is 4.98 Å². The van der Waals surface area contributed by atoms with Crippen molar-refractivity contribution >= 4 is 39.6 Å². The standard InChI is InChI=1S/C15H23N3OS2/c1-10(2)11-9-21-14(17-11)18-13(19)15(12(16)20)7-5-3-4-6-8-15/h9-10H,3-8H2,1-2H3,(H2,16,20)(H,17,18,19). The molecule has 0 bridgehead atoms. The van der Waals surface area contributed by atoms with E-state index < -0.39 is 5.41 Å². The van der Waals surface area contributed by atoms with Gasteiger partial charge in [-0.15, -0.1) is 11.3 Å². The number of anilines is 1. The van der Waals surface area contributed by atoms with Gasteiger partial charge < -0.3 is 11.1 Å². The highest BCUT2D eigenvalue weighted by Crippen LogP contribution is 2.37. The first-order chi connectivity index (χ1) is 9.95. The molecular weight excluding hydrogens is 302 g/mol. The van der Waals surface area contributed by atoms with Gasteiger partial charge in [0.2, 0.25) is 5.91 Å². The molecule has 0 saturated heterocycles. The maximum absolute atomic E-state index is 12.8. The van der Waals surface area contributed by atoms with Gasteiger partial charge in [-0.2, -0.15) is 0 Å². The van der Waals surface area contributed by atoms with Crippen molar-refractivity contribution in [2.75, 3.05) is 5.32 Å². The van der Waals surface area contributed by atoms with Gasteiger partial charge in [-0.05, 0) is 18.8 Å². The third kappa shape index (κ3) is 3.61. The molecule has 0 unspecified atom stereocenters. The first-order valence-corrected chi connectivity index (χ1v) is 8.81. The highest BCUT2D eigenvalue weighted by atomic mass is 32.1. The number of carbonyl (C=O) groups excluding carboxylic acids is 1. The summed E-state index contributed by atoms with van der Waals surface area (Å²) in [4.78, 5) is 17.5. The molecule has 116 valence electrons. The number of nitrogens with two attached hydrogens (primary N) is 1. The minimum atomic E-state index is -0.699. The number of thiocarbonyl (C=S) groups is 1. The molecular formula is C15H23N3OS2. The summed E-state index contributed by atoms with van der Waals surface area (Å²) in [6.07, 6.45) is 5.78. The van der Waals surface area contributed by atoms with Crippen molar-refractivity contribution in [3.05, 3.63) is 11.1 Å². The normalized spacial score (nSPS) is 18.2. The van der Waals surface area contributed by atoms with Crippen LogP contribution in [0, 0.1) is 5.41 Å². The summed E-state index contributed by atoms with van der Waals surface area (Å²) in [5.41, 5.74) is 6.23. The van der Waals surface area contributed by atoms with Crippen LogP contribution in [0.15, 0.2) is 5.38 Å². The van der Waals surface area contributed by atoms with Crippen molar-refractivity contribution in [3.63, 3.8) is 0 Å². The average molecular weight is 326 g/mol. The van der Waals surface area contributed by atoms with Gasteiger partial charge in [0.25, 0.3) is 0 Å². The minimum Gasteiger partial charge on any atom is -0.392 e. The van der Waals surface area contributed by atoms with E-state index >= 15 is 0 Å². The Balaban J connectivity index is 2.16. The van der Waals surface area contributed by atoms with Crippen LogP contribution in [0.1, 0.15) is 64.0 Å². The predicted octanol–water partition coefficient (Wildman–Crippen LogP) is 3.83. The zero-order valence-electron chi connectivity index (χ0n) is 12.6. The molecule has 1 aromatic heterocycles. The highest BCUT2D eigenvalue weighted by molar-refractivity contribution is 7.80. The van der Waals surface area contributed by atoms with E-state index in [9.17, 15) is 4.79 Å². The Labute approximate surface area is 135 Å². The fraction of sp³-hybridized carbons (Fsp3) is 0.667. The molecule has 3 N–H and O–H groups in total. The van der Waals surface area contributed by atoms with Crippen molar-refractivity contribution < 1.29 is 4.79 Å². The number of amides is 1. The van der Waals surface area contributed by atoms with E-state index in [-0.39, 0.29) is 5.91 Å². The van der Waals surface area contributed by atoms with Crippen molar-refractivity contribution in [1.29, 1.82) is 0 Å². The van der Waals surface area contributed by atoms with Crippen LogP contribution in [0.3, 0.4) is 0 Å². The molecule has 0 atom stereocenters. The second-order valence-electron chi connectivity index (χ2n) is 6.05. The van der Waals surface area contributed by atoms with E-state index in [2.05, 4.69) is 24.1 Å². The Hall–Kier alpha value is -1.01. The molecule has 1 amide bonds. The molecule has 0 aromatic carbocycles. The number of thiazole rings is 1. The van der Waals surface area contributed by atoms with Crippen LogP contribution in [-0.4, -0.2) is 15.9 Å². The first kappa shape index (κ1) is 16.4. The third-order valence-corrected chi connectivity index (χ3v) is 5.36. The zero-order chi connectivity index (χ0) is 15.5. The number of rotatable bonds is 4. The Kier molecular flexibility index (Phi) is 5.32. The molecule has 1 aliphatic rings. The smallest absolute Gasteiger partial charge is 0.239 e. The maximum atomic E-state index is 12.8. The van der Waals surface area contributed by atoms with Crippen molar-refractivity contribution in [1.82, 2.24) is 4.98 Å². The predicted molar refractivity (Wildman–Crippen MR) is 91.8 cm³/mol. The fourth-order valence-corrected chi connectivity index (χ4v) is 3.91. The lowest BCUT2D eigenvalue weighted by Gasteiger charge is -2.29. The van der Waals surface area contributed by atoms with Crippen molar-refractivity contribution in [2.45, 2.75) is 58.3 Å². The first-order valence-electron chi connectivity index (χ1n) is 7.52. The average Bonchev–Trinajstić information content (AvgIpc) is 2.74. The van der Waals surface area contributed by atoms with Gasteiger partial charge in [-0.3, -0.25) is 4.79 Å². The van der Waals surface area contributed by atoms with E-state index in [1.54, 1.807) is 0 Å². The van der Waals surface area contributed by atoms with Crippen LogP contribution in [0.2, 0.25) is 0 Å². The maximum Gasteiger partial charge on any atom is 0.239 e. The van der Waals surface area contributed by atoms with Crippen LogP contribution >= 0.6 is 23.6 Å². The number of hydrogen-bond acceptors (Lipinski definition) is 4. The van der Waals surface area contributed by atoms with Crippen molar-refractivity contribution in [3.8, 4) is 0 Å². The highest BCUT2D eigenvalue weighted by Gasteiger charge is 2.41. The molecule has 6 heteroatoms. The van der Waals surface area contributed by atoms with Crippen LogP contribution in [0.5, 0.6) is 0 Å². The minimum absolute atomic E-state index is 0.0819. The monoisotopic (exact) mass is 325 g/mol. The molecule has 4 nitrogen and oxygen atoms in total. The lowest BCUT2D eigenvalue weighted by Crippen LogP contribution is -2.45. The summed E-state index contributed by atoms with van der Waals surface area (Å²) in [5.74, 6) is 0.274. The zero-order valence-corrected chi connectivity index (χ0v) is 14.3. The second-order valence-corrected chi connectivity index (χ2v) is 7.34. The summed E-state index contributed by atoms with van der Waals surface area (Å²) in [6, 6.07) is 0. The number of aromatic nitrogens is 1. The molecule has 0 radical (unpaired) electrons. The summed E-state index contributed by atoms with van der Waals surface area (Å²) >= 11 is 6.69. The summed E-state index contributed by atoms with van der Waals surface area (Å²) < 4.78 is 0. The summed E-state index contributed by atoms with van der Waals surface area (Å²) in [6.45, 7) is 4.17. The molecule has 2 rings (SSSR count). The number of nitrogens with zero attached hydrogens (tertiary/aromatic N) is 1. The molecule has 1 saturated carbocycles. The van der Waals surface area contributed by atoms with Crippen LogP contribution in [0.25, 0.3) is 0 Å². The van der Waals surface area contributed by atoms with Gasteiger partial charge in [0, 0.05) is 5.38 Å². The van der Waals surface area contributed by atoms with Gasteiger partial charge in [0.15, 0.2) is 5.13 Å². The lowest BCUT2D eigenvalue weighted by atomic mass is 9.79.